The molecule has 1 fully saturated rings. The fraction of sp³-hybridized carbons (Fsp3) is 0.250. The molecule has 4 rings (SSSR count). The molecule has 0 saturated carbocycles. The van der Waals surface area contributed by atoms with Crippen molar-refractivity contribution in [1.29, 1.82) is 0 Å². The number of carbonyl (C=O) groups is 1. The van der Waals surface area contributed by atoms with Crippen LogP contribution in [-0.2, 0) is 0 Å². The summed E-state index contributed by atoms with van der Waals surface area (Å²) in [6, 6.07) is 18.3. The number of ketones is 1. The van der Waals surface area contributed by atoms with Gasteiger partial charge in [-0.1, -0.05) is 66.7 Å². The van der Waals surface area contributed by atoms with Gasteiger partial charge in [0.15, 0.2) is 5.78 Å². The molecule has 0 amide bonds. The molecule has 3 nitrogen and oxygen atoms in total. The van der Waals surface area contributed by atoms with Gasteiger partial charge in [0.2, 0.25) is 0 Å². The smallest absolute Gasteiger partial charge is 0.193 e. The molecule has 2 aromatic rings. The number of hydrogen-bond donors (Lipinski definition) is 2. The Morgan fingerprint density at radius 1 is 0.826 bits per heavy atom. The molecule has 2 atom stereocenters. The van der Waals surface area contributed by atoms with Gasteiger partial charge in [0.1, 0.15) is 0 Å². The SMILES string of the molecule is O=C(c1ccccc1)c1ccccc1C1NC2CC=CCC2N1. The van der Waals surface area contributed by atoms with Crippen LogP contribution in [0.4, 0.5) is 0 Å². The molecule has 2 N–H and O–H groups in total. The Morgan fingerprint density at radius 3 is 2.13 bits per heavy atom. The summed E-state index contributed by atoms with van der Waals surface area (Å²) in [5.74, 6) is 0.0813. The second kappa shape index (κ2) is 6.11. The summed E-state index contributed by atoms with van der Waals surface area (Å²) in [7, 11) is 0. The zero-order valence-corrected chi connectivity index (χ0v) is 12.9. The monoisotopic (exact) mass is 304 g/mol. The van der Waals surface area contributed by atoms with Crippen LogP contribution in [0.5, 0.6) is 0 Å². The average molecular weight is 304 g/mol. The van der Waals surface area contributed by atoms with E-state index in [9.17, 15) is 4.79 Å². The first kappa shape index (κ1) is 14.4. The number of nitrogens with one attached hydrogen (secondary N) is 2. The second-order valence-electron chi connectivity index (χ2n) is 6.20. The van der Waals surface area contributed by atoms with Crippen LogP contribution in [0, 0.1) is 0 Å². The first-order valence-corrected chi connectivity index (χ1v) is 8.19. The maximum Gasteiger partial charge on any atom is 0.193 e. The molecule has 3 heteroatoms. The summed E-state index contributed by atoms with van der Waals surface area (Å²) in [4.78, 5) is 12.9. The van der Waals surface area contributed by atoms with E-state index in [4.69, 9.17) is 0 Å². The van der Waals surface area contributed by atoms with Gasteiger partial charge in [0, 0.05) is 23.2 Å². The molecule has 1 saturated heterocycles. The van der Waals surface area contributed by atoms with Crippen molar-refractivity contribution in [2.24, 2.45) is 0 Å². The quantitative estimate of drug-likeness (QED) is 0.676. The maximum absolute atomic E-state index is 12.9. The van der Waals surface area contributed by atoms with Gasteiger partial charge in [-0.2, -0.15) is 0 Å². The minimum absolute atomic E-state index is 0.0359. The van der Waals surface area contributed by atoms with Crippen molar-refractivity contribution in [3.8, 4) is 0 Å². The first-order chi connectivity index (χ1) is 11.3. The molecule has 2 unspecified atom stereocenters. The number of fused-ring (bicyclic) bond motifs is 1. The fourth-order valence-corrected chi connectivity index (χ4v) is 3.54. The van der Waals surface area contributed by atoms with Crippen molar-refractivity contribution in [2.75, 3.05) is 0 Å². The van der Waals surface area contributed by atoms with Crippen molar-refractivity contribution in [3.63, 3.8) is 0 Å². The van der Waals surface area contributed by atoms with E-state index in [1.165, 1.54) is 0 Å². The molecular formula is C20H20N2O. The lowest BCUT2D eigenvalue weighted by Gasteiger charge is -2.19. The molecule has 0 spiro atoms. The molecule has 0 bridgehead atoms. The minimum atomic E-state index is 0.0359. The third-order valence-electron chi connectivity index (χ3n) is 4.75. The molecule has 1 aliphatic carbocycles. The van der Waals surface area contributed by atoms with Crippen LogP contribution in [0.2, 0.25) is 0 Å². The van der Waals surface area contributed by atoms with Crippen LogP contribution in [0.25, 0.3) is 0 Å². The first-order valence-electron chi connectivity index (χ1n) is 8.19. The highest BCUT2D eigenvalue weighted by Crippen LogP contribution is 2.28. The van der Waals surface area contributed by atoms with Crippen LogP contribution in [0.15, 0.2) is 66.7 Å². The van der Waals surface area contributed by atoms with Crippen LogP contribution >= 0.6 is 0 Å². The van der Waals surface area contributed by atoms with Crippen molar-refractivity contribution in [3.05, 3.63) is 83.4 Å². The lowest BCUT2D eigenvalue weighted by molar-refractivity contribution is 0.103. The van der Waals surface area contributed by atoms with Gasteiger partial charge in [-0.25, -0.2) is 0 Å². The van der Waals surface area contributed by atoms with Crippen molar-refractivity contribution < 1.29 is 4.79 Å². The topological polar surface area (TPSA) is 41.1 Å². The molecular weight excluding hydrogens is 284 g/mol. The molecule has 1 aliphatic heterocycles. The molecule has 1 heterocycles. The van der Waals surface area contributed by atoms with E-state index in [-0.39, 0.29) is 11.9 Å². The van der Waals surface area contributed by atoms with Crippen molar-refractivity contribution in [1.82, 2.24) is 10.6 Å². The normalized spacial score (nSPS) is 26.0. The zero-order valence-electron chi connectivity index (χ0n) is 12.9. The summed E-state index contributed by atoms with van der Waals surface area (Å²) in [5.41, 5.74) is 2.54. The number of benzene rings is 2. The summed E-state index contributed by atoms with van der Waals surface area (Å²) < 4.78 is 0. The van der Waals surface area contributed by atoms with Crippen LogP contribution < -0.4 is 10.6 Å². The van der Waals surface area contributed by atoms with E-state index in [2.05, 4.69) is 22.8 Å². The lowest BCUT2D eigenvalue weighted by atomic mass is 9.97. The van der Waals surface area contributed by atoms with Gasteiger partial charge < -0.3 is 0 Å². The summed E-state index contributed by atoms with van der Waals surface area (Å²) in [6.45, 7) is 0. The van der Waals surface area contributed by atoms with Crippen LogP contribution in [-0.4, -0.2) is 17.9 Å². The number of hydrogen-bond acceptors (Lipinski definition) is 3. The number of carbonyl (C=O) groups excluding carboxylic acids is 1. The van der Waals surface area contributed by atoms with E-state index < -0.39 is 0 Å². The Morgan fingerprint density at radius 2 is 1.43 bits per heavy atom. The van der Waals surface area contributed by atoms with E-state index in [0.717, 1.165) is 29.5 Å². The molecule has 2 aromatic carbocycles. The maximum atomic E-state index is 12.9. The highest BCUT2D eigenvalue weighted by Gasteiger charge is 2.34. The zero-order chi connectivity index (χ0) is 15.6. The Hall–Kier alpha value is -2.23. The summed E-state index contributed by atoms with van der Waals surface area (Å²) >= 11 is 0. The van der Waals surface area contributed by atoms with Gasteiger partial charge in [-0.3, -0.25) is 15.4 Å². The molecule has 116 valence electrons. The third kappa shape index (κ3) is 2.74. The van der Waals surface area contributed by atoms with Crippen molar-refractivity contribution in [2.45, 2.75) is 31.1 Å². The summed E-state index contributed by atoms with van der Waals surface area (Å²) in [5, 5.41) is 7.28. The third-order valence-corrected chi connectivity index (χ3v) is 4.75. The average Bonchev–Trinajstić information content (AvgIpc) is 3.06. The molecule has 0 aromatic heterocycles. The van der Waals surface area contributed by atoms with Crippen LogP contribution in [0.3, 0.4) is 0 Å². The van der Waals surface area contributed by atoms with E-state index in [1.807, 2.05) is 54.6 Å². The van der Waals surface area contributed by atoms with Gasteiger partial charge in [-0.05, 0) is 18.4 Å². The molecule has 0 radical (unpaired) electrons. The van der Waals surface area contributed by atoms with Crippen molar-refractivity contribution >= 4 is 5.78 Å². The van der Waals surface area contributed by atoms with E-state index in [1.54, 1.807) is 0 Å². The highest BCUT2D eigenvalue weighted by molar-refractivity contribution is 6.10. The largest absolute Gasteiger partial charge is 0.293 e. The predicted molar refractivity (Wildman–Crippen MR) is 91.3 cm³/mol. The molecule has 2 aliphatic rings. The highest BCUT2D eigenvalue weighted by atomic mass is 16.1. The summed E-state index contributed by atoms with van der Waals surface area (Å²) in [6.07, 6.45) is 6.60. The Kier molecular flexibility index (Phi) is 3.82. The standard InChI is InChI=1S/C20H20N2O/c23-19(14-8-2-1-3-9-14)15-10-4-5-11-16(15)20-21-17-12-6-7-13-18(17)22-20/h1-11,17-18,20-22H,12-13H2. The second-order valence-corrected chi connectivity index (χ2v) is 6.20. The predicted octanol–water partition coefficient (Wildman–Crippen LogP) is 3.20. The Bertz CT molecular complexity index is 722. The van der Waals surface area contributed by atoms with Gasteiger partial charge >= 0.3 is 0 Å². The molecule has 23 heavy (non-hydrogen) atoms. The minimum Gasteiger partial charge on any atom is -0.293 e. The fourth-order valence-electron chi connectivity index (χ4n) is 3.54. The van der Waals surface area contributed by atoms with Gasteiger partial charge in [-0.15, -0.1) is 0 Å². The Balaban J connectivity index is 1.64. The van der Waals surface area contributed by atoms with Crippen LogP contribution in [0.1, 0.15) is 40.5 Å². The van der Waals surface area contributed by atoms with Gasteiger partial charge in [0.25, 0.3) is 0 Å². The van der Waals surface area contributed by atoms with Gasteiger partial charge in [0.05, 0.1) is 6.17 Å². The Labute approximate surface area is 136 Å². The van der Waals surface area contributed by atoms with E-state index in [0.29, 0.717) is 12.1 Å². The number of rotatable bonds is 3. The lowest BCUT2D eigenvalue weighted by Crippen LogP contribution is -2.34. The van der Waals surface area contributed by atoms with E-state index >= 15 is 0 Å².